The first-order valence-corrected chi connectivity index (χ1v) is 10.5. The van der Waals surface area contributed by atoms with Crippen molar-refractivity contribution in [3.63, 3.8) is 0 Å². The third-order valence-corrected chi connectivity index (χ3v) is 5.80. The molecule has 9 nitrogen and oxygen atoms in total. The zero-order valence-electron chi connectivity index (χ0n) is 17.8. The van der Waals surface area contributed by atoms with E-state index >= 15 is 0 Å². The molecule has 0 amide bonds. The number of hydrogen-bond acceptors (Lipinski definition) is 7. The SMILES string of the molecule is Cc1cccc(-c2nnc(N3CCc4[nH]cnc4[C@H]3c3cc4c(C(F)(F)F)cccn4n3)o2)n1. The number of rotatable bonds is 3. The van der Waals surface area contributed by atoms with Crippen molar-refractivity contribution in [3.8, 4) is 11.6 Å². The number of nitrogens with one attached hydrogen (secondary N) is 1. The average Bonchev–Trinajstić information content (AvgIpc) is 3.56. The van der Waals surface area contributed by atoms with Crippen LogP contribution in [0.4, 0.5) is 19.2 Å². The Balaban J connectivity index is 1.46. The fourth-order valence-corrected chi connectivity index (χ4v) is 4.29. The van der Waals surface area contributed by atoms with Crippen LogP contribution in [0.3, 0.4) is 0 Å². The molecule has 1 aliphatic heterocycles. The maximum absolute atomic E-state index is 13.6. The van der Waals surface area contributed by atoms with E-state index in [1.807, 2.05) is 24.0 Å². The molecular weight excluding hydrogens is 449 g/mol. The molecule has 5 aromatic heterocycles. The Morgan fingerprint density at radius 3 is 2.85 bits per heavy atom. The maximum Gasteiger partial charge on any atom is 0.418 e. The number of imidazole rings is 1. The Morgan fingerprint density at radius 2 is 2.03 bits per heavy atom. The summed E-state index contributed by atoms with van der Waals surface area (Å²) in [4.78, 5) is 13.8. The fourth-order valence-electron chi connectivity index (χ4n) is 4.29. The van der Waals surface area contributed by atoms with Crippen molar-refractivity contribution < 1.29 is 17.6 Å². The number of alkyl halides is 3. The van der Waals surface area contributed by atoms with Gasteiger partial charge >= 0.3 is 12.2 Å². The van der Waals surface area contributed by atoms with Crippen LogP contribution in [0.1, 0.15) is 34.4 Å². The second kappa shape index (κ2) is 7.40. The molecule has 0 radical (unpaired) electrons. The van der Waals surface area contributed by atoms with E-state index in [9.17, 15) is 13.2 Å². The minimum atomic E-state index is -4.51. The lowest BCUT2D eigenvalue weighted by Gasteiger charge is -2.32. The van der Waals surface area contributed by atoms with E-state index < -0.39 is 17.8 Å². The summed E-state index contributed by atoms with van der Waals surface area (Å²) in [5, 5.41) is 12.8. The van der Waals surface area contributed by atoms with Crippen molar-refractivity contribution in [2.24, 2.45) is 0 Å². The highest BCUT2D eigenvalue weighted by Crippen LogP contribution is 2.39. The smallest absolute Gasteiger partial charge is 0.402 e. The molecule has 1 N–H and O–H groups in total. The molecule has 1 atom stereocenters. The Labute approximate surface area is 190 Å². The lowest BCUT2D eigenvalue weighted by atomic mass is 10.00. The van der Waals surface area contributed by atoms with Gasteiger partial charge in [0.1, 0.15) is 11.7 Å². The molecule has 0 saturated carbocycles. The summed E-state index contributed by atoms with van der Waals surface area (Å²) >= 11 is 0. The topological polar surface area (TPSA) is 101 Å². The molecule has 0 unspecified atom stereocenters. The molecule has 0 bridgehead atoms. The number of anilines is 1. The molecule has 6 heterocycles. The molecule has 0 saturated heterocycles. The number of aromatic amines is 1. The first-order valence-electron chi connectivity index (χ1n) is 10.5. The molecule has 0 fully saturated rings. The Morgan fingerprint density at radius 1 is 1.15 bits per heavy atom. The van der Waals surface area contributed by atoms with E-state index in [1.165, 1.54) is 22.8 Å². The quantitative estimate of drug-likeness (QED) is 0.429. The van der Waals surface area contributed by atoms with E-state index in [4.69, 9.17) is 4.42 Å². The van der Waals surface area contributed by atoms with Gasteiger partial charge in [0.05, 0.1) is 28.8 Å². The highest BCUT2D eigenvalue weighted by Gasteiger charge is 2.38. The van der Waals surface area contributed by atoms with Crippen LogP contribution in [0.2, 0.25) is 0 Å². The second-order valence-corrected chi connectivity index (χ2v) is 7.98. The van der Waals surface area contributed by atoms with Crippen LogP contribution in [-0.4, -0.2) is 41.3 Å². The van der Waals surface area contributed by atoms with Crippen molar-refractivity contribution in [2.45, 2.75) is 25.6 Å². The van der Waals surface area contributed by atoms with Gasteiger partial charge in [0.25, 0.3) is 5.89 Å². The number of fused-ring (bicyclic) bond motifs is 2. The summed E-state index contributed by atoms with van der Waals surface area (Å²) in [7, 11) is 0. The molecule has 0 spiro atoms. The number of aryl methyl sites for hydroxylation is 1. The van der Waals surface area contributed by atoms with E-state index in [-0.39, 0.29) is 17.4 Å². The van der Waals surface area contributed by atoms with Gasteiger partial charge in [-0.3, -0.25) is 0 Å². The molecule has 0 aromatic carbocycles. The molecule has 6 rings (SSSR count). The highest BCUT2D eigenvalue weighted by molar-refractivity contribution is 5.59. The van der Waals surface area contributed by atoms with Gasteiger partial charge in [-0.05, 0) is 37.3 Å². The van der Waals surface area contributed by atoms with Crippen molar-refractivity contribution in [1.29, 1.82) is 0 Å². The largest absolute Gasteiger partial charge is 0.418 e. The van der Waals surface area contributed by atoms with Gasteiger partial charge in [-0.2, -0.15) is 18.3 Å². The first-order chi connectivity index (χ1) is 16.4. The van der Waals surface area contributed by atoms with Crippen LogP contribution in [0.5, 0.6) is 0 Å². The standard InChI is InChI=1S/C22H17F3N8O/c1-12-4-2-6-15(28-12)20-29-30-21(34-20)32-9-7-14-18(27-11-26-14)19(32)16-10-17-13(22(23,24)25)5-3-8-33(17)31-16/h2-6,8,10-11,19H,7,9H2,1H3,(H,26,27)/t19-/m1/s1. The average molecular weight is 466 g/mol. The van der Waals surface area contributed by atoms with Gasteiger partial charge in [0.2, 0.25) is 0 Å². The van der Waals surface area contributed by atoms with Gasteiger partial charge in [-0.15, -0.1) is 5.10 Å². The van der Waals surface area contributed by atoms with Crippen LogP contribution in [0.25, 0.3) is 17.1 Å². The minimum absolute atomic E-state index is 0.0391. The summed E-state index contributed by atoms with van der Waals surface area (Å²) in [6.07, 6.45) is -0.839. The molecule has 34 heavy (non-hydrogen) atoms. The van der Waals surface area contributed by atoms with Crippen LogP contribution >= 0.6 is 0 Å². The van der Waals surface area contributed by atoms with E-state index in [2.05, 4.69) is 30.2 Å². The van der Waals surface area contributed by atoms with Crippen molar-refractivity contribution in [2.75, 3.05) is 11.4 Å². The Bertz CT molecular complexity index is 1500. The maximum atomic E-state index is 13.6. The van der Waals surface area contributed by atoms with Crippen LogP contribution in [0.15, 0.2) is 53.3 Å². The molecule has 12 heteroatoms. The van der Waals surface area contributed by atoms with E-state index in [1.54, 1.807) is 12.4 Å². The number of hydrogen-bond donors (Lipinski definition) is 1. The zero-order chi connectivity index (χ0) is 23.4. The predicted molar refractivity (Wildman–Crippen MR) is 114 cm³/mol. The normalized spacial score (nSPS) is 16.2. The second-order valence-electron chi connectivity index (χ2n) is 7.98. The third kappa shape index (κ3) is 3.29. The lowest BCUT2D eigenvalue weighted by molar-refractivity contribution is -0.136. The zero-order valence-corrected chi connectivity index (χ0v) is 17.8. The molecule has 5 aromatic rings. The summed E-state index contributed by atoms with van der Waals surface area (Å²) in [5.74, 6) is 0.250. The fraction of sp³-hybridized carbons (Fsp3) is 0.227. The van der Waals surface area contributed by atoms with Gasteiger partial charge < -0.3 is 14.3 Å². The van der Waals surface area contributed by atoms with Crippen molar-refractivity contribution >= 4 is 11.5 Å². The van der Waals surface area contributed by atoms with Gasteiger partial charge in [0, 0.05) is 30.6 Å². The minimum Gasteiger partial charge on any atom is -0.402 e. The molecular formula is C22H17F3N8O. The lowest BCUT2D eigenvalue weighted by Crippen LogP contribution is -2.36. The number of nitrogens with zero attached hydrogens (tertiary/aromatic N) is 7. The monoisotopic (exact) mass is 466 g/mol. The van der Waals surface area contributed by atoms with Crippen molar-refractivity contribution in [1.82, 2.24) is 34.8 Å². The van der Waals surface area contributed by atoms with Crippen LogP contribution < -0.4 is 4.90 Å². The Hall–Kier alpha value is -4.22. The molecule has 172 valence electrons. The van der Waals surface area contributed by atoms with Gasteiger partial charge in [-0.25, -0.2) is 14.5 Å². The molecule has 0 aliphatic carbocycles. The summed E-state index contributed by atoms with van der Waals surface area (Å²) in [6, 6.07) is 8.87. The highest BCUT2D eigenvalue weighted by atomic mass is 19.4. The van der Waals surface area contributed by atoms with Crippen LogP contribution in [-0.2, 0) is 12.6 Å². The first kappa shape index (κ1) is 20.4. The number of H-pyrrole nitrogens is 1. The van der Waals surface area contributed by atoms with Gasteiger partial charge in [0.15, 0.2) is 0 Å². The van der Waals surface area contributed by atoms with E-state index in [0.29, 0.717) is 30.0 Å². The van der Waals surface area contributed by atoms with Crippen molar-refractivity contribution in [3.05, 3.63) is 77.3 Å². The van der Waals surface area contributed by atoms with Crippen LogP contribution in [0, 0.1) is 6.92 Å². The number of aromatic nitrogens is 7. The van der Waals surface area contributed by atoms with Gasteiger partial charge in [-0.1, -0.05) is 11.2 Å². The molecule has 1 aliphatic rings. The Kier molecular flexibility index (Phi) is 4.44. The summed E-state index contributed by atoms with van der Waals surface area (Å²) < 4.78 is 47.9. The number of halogens is 3. The summed E-state index contributed by atoms with van der Waals surface area (Å²) in [6.45, 7) is 2.34. The summed E-state index contributed by atoms with van der Waals surface area (Å²) in [5.41, 5.74) is 2.46. The number of pyridine rings is 2. The predicted octanol–water partition coefficient (Wildman–Crippen LogP) is 3.98. The third-order valence-electron chi connectivity index (χ3n) is 5.80. The van der Waals surface area contributed by atoms with E-state index in [0.717, 1.165) is 17.5 Å².